The summed E-state index contributed by atoms with van der Waals surface area (Å²) in [7, 11) is 0. The van der Waals surface area contributed by atoms with E-state index in [4.69, 9.17) is 23.2 Å². The monoisotopic (exact) mass is 387 g/mol. The maximum Gasteiger partial charge on any atom is 0.153 e. The van der Waals surface area contributed by atoms with E-state index in [2.05, 4.69) is 18.7 Å². The van der Waals surface area contributed by atoms with Gasteiger partial charge in [-0.2, -0.15) is 11.8 Å². The maximum atomic E-state index is 12.8. The standard InChI is InChI=1S/C19H27Cl2NOS/c1-3-22(4-2)11-6-12-24-14-18(23)19(9-5-10-19)15-7-8-16(20)17(21)13-15/h7-8,13H,3-6,9-12,14H2,1-2H3. The molecule has 2 nitrogen and oxygen atoms in total. The molecule has 0 saturated heterocycles. The topological polar surface area (TPSA) is 20.3 Å². The van der Waals surface area contributed by atoms with Gasteiger partial charge in [-0.3, -0.25) is 4.79 Å². The second kappa shape index (κ2) is 9.47. The molecule has 0 heterocycles. The van der Waals surface area contributed by atoms with Crippen LogP contribution in [-0.2, 0) is 10.2 Å². The van der Waals surface area contributed by atoms with Crippen LogP contribution in [0.1, 0.15) is 45.1 Å². The number of carbonyl (C=O) groups excluding carboxylic acids is 1. The van der Waals surface area contributed by atoms with Gasteiger partial charge in [0.05, 0.1) is 21.2 Å². The van der Waals surface area contributed by atoms with Crippen molar-refractivity contribution >= 4 is 40.7 Å². The van der Waals surface area contributed by atoms with Crippen LogP contribution in [0, 0.1) is 0 Å². The summed E-state index contributed by atoms with van der Waals surface area (Å²) < 4.78 is 0. The first-order chi connectivity index (χ1) is 11.5. The summed E-state index contributed by atoms with van der Waals surface area (Å²) in [4.78, 5) is 15.3. The molecule has 1 aliphatic carbocycles. The van der Waals surface area contributed by atoms with Gasteiger partial charge < -0.3 is 4.90 Å². The van der Waals surface area contributed by atoms with Crippen LogP contribution in [0.4, 0.5) is 0 Å². The minimum atomic E-state index is -0.319. The van der Waals surface area contributed by atoms with E-state index < -0.39 is 0 Å². The molecule has 1 fully saturated rings. The Kier molecular flexibility index (Phi) is 7.93. The van der Waals surface area contributed by atoms with Gasteiger partial charge in [0.15, 0.2) is 5.78 Å². The summed E-state index contributed by atoms with van der Waals surface area (Å²) in [5.74, 6) is 1.98. The largest absolute Gasteiger partial charge is 0.304 e. The first-order valence-electron chi connectivity index (χ1n) is 8.82. The van der Waals surface area contributed by atoms with E-state index in [9.17, 15) is 4.79 Å². The van der Waals surface area contributed by atoms with Crippen LogP contribution in [-0.4, -0.2) is 41.8 Å². The summed E-state index contributed by atoms with van der Waals surface area (Å²) in [5, 5.41) is 1.09. The molecule has 0 aliphatic heterocycles. The normalized spacial score (nSPS) is 16.2. The van der Waals surface area contributed by atoms with Crippen molar-refractivity contribution in [2.24, 2.45) is 0 Å². The van der Waals surface area contributed by atoms with E-state index >= 15 is 0 Å². The second-order valence-electron chi connectivity index (χ2n) is 6.42. The van der Waals surface area contributed by atoms with Crippen LogP contribution in [0.25, 0.3) is 0 Å². The number of nitrogens with zero attached hydrogens (tertiary/aromatic N) is 1. The van der Waals surface area contributed by atoms with E-state index in [0.29, 0.717) is 21.6 Å². The quantitative estimate of drug-likeness (QED) is 0.497. The molecule has 0 unspecified atom stereocenters. The number of benzene rings is 1. The maximum absolute atomic E-state index is 12.8. The van der Waals surface area contributed by atoms with Crippen molar-refractivity contribution in [2.75, 3.05) is 31.1 Å². The number of thioether (sulfide) groups is 1. The van der Waals surface area contributed by atoms with Crippen LogP contribution in [0.3, 0.4) is 0 Å². The number of hydrogen-bond acceptors (Lipinski definition) is 3. The molecule has 1 saturated carbocycles. The lowest BCUT2D eigenvalue weighted by Crippen LogP contribution is -2.43. The number of halogens is 2. The fourth-order valence-corrected chi connectivity index (χ4v) is 4.52. The Morgan fingerprint density at radius 2 is 1.92 bits per heavy atom. The molecule has 0 atom stereocenters. The Bertz CT molecular complexity index is 556. The van der Waals surface area contributed by atoms with E-state index in [1.54, 1.807) is 11.8 Å². The third-order valence-corrected chi connectivity index (χ3v) is 6.89. The summed E-state index contributed by atoms with van der Waals surface area (Å²) in [5.41, 5.74) is 0.719. The molecule has 1 aromatic rings. The molecule has 0 N–H and O–H groups in total. The summed E-state index contributed by atoms with van der Waals surface area (Å²) >= 11 is 13.9. The zero-order chi connectivity index (χ0) is 17.6. The first kappa shape index (κ1) is 20.1. The Hall–Kier alpha value is -0.220. The number of carbonyl (C=O) groups is 1. The molecule has 134 valence electrons. The van der Waals surface area contributed by atoms with Crippen LogP contribution in [0.5, 0.6) is 0 Å². The van der Waals surface area contributed by atoms with Gasteiger partial charge in [0.25, 0.3) is 0 Å². The Morgan fingerprint density at radius 3 is 2.46 bits per heavy atom. The van der Waals surface area contributed by atoms with Crippen molar-refractivity contribution in [2.45, 2.75) is 44.9 Å². The molecular formula is C19H27Cl2NOS. The van der Waals surface area contributed by atoms with Crippen molar-refractivity contribution in [3.8, 4) is 0 Å². The van der Waals surface area contributed by atoms with Crippen LogP contribution in [0.15, 0.2) is 18.2 Å². The predicted octanol–water partition coefficient (Wildman–Crippen LogP) is 5.45. The van der Waals surface area contributed by atoms with Crippen LogP contribution >= 0.6 is 35.0 Å². The first-order valence-corrected chi connectivity index (χ1v) is 10.7. The third-order valence-electron chi connectivity index (χ3n) is 5.10. The molecule has 0 spiro atoms. The average Bonchev–Trinajstić information content (AvgIpc) is 2.53. The molecular weight excluding hydrogens is 361 g/mol. The summed E-state index contributed by atoms with van der Waals surface area (Å²) in [6.45, 7) is 7.70. The van der Waals surface area contributed by atoms with Crippen molar-refractivity contribution in [1.29, 1.82) is 0 Å². The van der Waals surface area contributed by atoms with Gasteiger partial charge in [-0.15, -0.1) is 0 Å². The van der Waals surface area contributed by atoms with Crippen molar-refractivity contribution in [1.82, 2.24) is 4.90 Å². The number of Topliss-reactive ketones (excluding diaryl/α,β-unsaturated/α-hetero) is 1. The Labute approximate surface area is 160 Å². The lowest BCUT2D eigenvalue weighted by molar-refractivity contribution is -0.125. The molecule has 1 aromatic carbocycles. The van der Waals surface area contributed by atoms with Gasteiger partial charge in [-0.1, -0.05) is 49.5 Å². The van der Waals surface area contributed by atoms with Crippen molar-refractivity contribution < 1.29 is 4.79 Å². The van der Waals surface area contributed by atoms with E-state index in [0.717, 1.165) is 56.6 Å². The smallest absolute Gasteiger partial charge is 0.153 e. The third kappa shape index (κ3) is 4.69. The summed E-state index contributed by atoms with van der Waals surface area (Å²) in [6.07, 6.45) is 4.12. The lowest BCUT2D eigenvalue weighted by atomic mass is 9.62. The minimum Gasteiger partial charge on any atom is -0.304 e. The van der Waals surface area contributed by atoms with Crippen molar-refractivity contribution in [3.05, 3.63) is 33.8 Å². The van der Waals surface area contributed by atoms with E-state index in [-0.39, 0.29) is 5.41 Å². The van der Waals surface area contributed by atoms with Gasteiger partial charge in [-0.25, -0.2) is 0 Å². The number of rotatable bonds is 10. The van der Waals surface area contributed by atoms with Gasteiger partial charge in [-0.05, 0) is 62.3 Å². The minimum absolute atomic E-state index is 0.319. The highest BCUT2D eigenvalue weighted by molar-refractivity contribution is 7.99. The average molecular weight is 388 g/mol. The fourth-order valence-electron chi connectivity index (χ4n) is 3.29. The highest BCUT2D eigenvalue weighted by Gasteiger charge is 2.44. The molecule has 1 aliphatic rings. The van der Waals surface area contributed by atoms with Gasteiger partial charge in [0.1, 0.15) is 0 Å². The van der Waals surface area contributed by atoms with Crippen LogP contribution < -0.4 is 0 Å². The van der Waals surface area contributed by atoms with Crippen LogP contribution in [0.2, 0.25) is 10.0 Å². The lowest BCUT2D eigenvalue weighted by Gasteiger charge is -2.41. The molecule has 0 bridgehead atoms. The molecule has 5 heteroatoms. The number of ketones is 1. The molecule has 0 amide bonds. The fraction of sp³-hybridized carbons (Fsp3) is 0.632. The zero-order valence-electron chi connectivity index (χ0n) is 14.6. The molecule has 2 rings (SSSR count). The predicted molar refractivity (Wildman–Crippen MR) is 107 cm³/mol. The highest BCUT2D eigenvalue weighted by atomic mass is 35.5. The van der Waals surface area contributed by atoms with E-state index in [1.165, 1.54) is 0 Å². The second-order valence-corrected chi connectivity index (χ2v) is 8.34. The molecule has 0 aromatic heterocycles. The zero-order valence-corrected chi connectivity index (χ0v) is 16.9. The Morgan fingerprint density at radius 1 is 1.21 bits per heavy atom. The highest BCUT2D eigenvalue weighted by Crippen LogP contribution is 2.46. The van der Waals surface area contributed by atoms with Gasteiger partial charge in [0, 0.05) is 0 Å². The number of hydrogen-bond donors (Lipinski definition) is 0. The van der Waals surface area contributed by atoms with Gasteiger partial charge in [0.2, 0.25) is 0 Å². The SMILES string of the molecule is CCN(CC)CCCSCC(=O)C1(c2ccc(Cl)c(Cl)c2)CCC1. The summed E-state index contributed by atoms with van der Waals surface area (Å²) in [6, 6.07) is 5.66. The van der Waals surface area contributed by atoms with Crippen molar-refractivity contribution in [3.63, 3.8) is 0 Å². The molecule has 24 heavy (non-hydrogen) atoms. The van der Waals surface area contributed by atoms with Gasteiger partial charge >= 0.3 is 0 Å². The molecule has 0 radical (unpaired) electrons. The Balaban J connectivity index is 1.86. The van der Waals surface area contributed by atoms with E-state index in [1.807, 2.05) is 18.2 Å².